The van der Waals surface area contributed by atoms with Crippen LogP contribution in [-0.2, 0) is 0 Å². The summed E-state index contributed by atoms with van der Waals surface area (Å²) in [5.41, 5.74) is 6.32. The number of likely N-dealkylation sites (tertiary alicyclic amines) is 1. The van der Waals surface area contributed by atoms with Crippen molar-refractivity contribution in [3.05, 3.63) is 35.4 Å². The summed E-state index contributed by atoms with van der Waals surface area (Å²) in [5, 5.41) is 0. The third-order valence-electron chi connectivity index (χ3n) is 4.98. The SMILES string of the molecule is NCC(c1cc(F)ccc1F)N1CCCC2CCCC21. The Morgan fingerprint density at radius 1 is 1.20 bits per heavy atom. The van der Waals surface area contributed by atoms with E-state index in [1.54, 1.807) is 0 Å². The van der Waals surface area contributed by atoms with Crippen LogP contribution in [0.25, 0.3) is 0 Å². The van der Waals surface area contributed by atoms with Crippen LogP contribution in [0.2, 0.25) is 0 Å². The van der Waals surface area contributed by atoms with Gasteiger partial charge in [0.2, 0.25) is 0 Å². The first-order valence-electron chi connectivity index (χ1n) is 7.61. The molecule has 2 N–H and O–H groups in total. The predicted octanol–water partition coefficient (Wildman–Crippen LogP) is 3.23. The topological polar surface area (TPSA) is 29.3 Å². The normalized spacial score (nSPS) is 28.4. The quantitative estimate of drug-likeness (QED) is 0.921. The van der Waals surface area contributed by atoms with Crippen molar-refractivity contribution in [1.29, 1.82) is 0 Å². The van der Waals surface area contributed by atoms with E-state index in [0.717, 1.165) is 25.3 Å². The summed E-state index contributed by atoms with van der Waals surface area (Å²) in [4.78, 5) is 2.33. The van der Waals surface area contributed by atoms with Gasteiger partial charge < -0.3 is 5.73 Å². The highest BCUT2D eigenvalue weighted by Gasteiger charge is 2.38. The Morgan fingerprint density at radius 3 is 2.80 bits per heavy atom. The fourth-order valence-electron chi connectivity index (χ4n) is 4.09. The Bertz CT molecular complexity index is 478. The number of hydrogen-bond acceptors (Lipinski definition) is 2. The van der Waals surface area contributed by atoms with Gasteiger partial charge in [0.25, 0.3) is 0 Å². The maximum absolute atomic E-state index is 14.1. The van der Waals surface area contributed by atoms with Gasteiger partial charge in [0, 0.05) is 18.2 Å². The number of nitrogens with zero attached hydrogens (tertiary/aromatic N) is 1. The lowest BCUT2D eigenvalue weighted by atomic mass is 9.89. The summed E-state index contributed by atoms with van der Waals surface area (Å²) < 4.78 is 27.5. The molecular weight excluding hydrogens is 258 g/mol. The highest BCUT2D eigenvalue weighted by molar-refractivity contribution is 5.23. The number of benzene rings is 1. The number of halogens is 2. The van der Waals surface area contributed by atoms with Crippen molar-refractivity contribution >= 4 is 0 Å². The van der Waals surface area contributed by atoms with Crippen molar-refractivity contribution in [2.45, 2.75) is 44.2 Å². The van der Waals surface area contributed by atoms with E-state index in [1.165, 1.54) is 37.5 Å². The molecule has 1 aromatic carbocycles. The van der Waals surface area contributed by atoms with Gasteiger partial charge in [0.1, 0.15) is 11.6 Å². The highest BCUT2D eigenvalue weighted by atomic mass is 19.1. The fraction of sp³-hybridized carbons (Fsp3) is 0.625. The summed E-state index contributed by atoms with van der Waals surface area (Å²) in [6.07, 6.45) is 6.08. The zero-order valence-electron chi connectivity index (χ0n) is 11.7. The van der Waals surface area contributed by atoms with Gasteiger partial charge in [-0.15, -0.1) is 0 Å². The van der Waals surface area contributed by atoms with E-state index in [9.17, 15) is 8.78 Å². The second-order valence-corrected chi connectivity index (χ2v) is 6.06. The fourth-order valence-corrected chi connectivity index (χ4v) is 4.09. The predicted molar refractivity (Wildman–Crippen MR) is 75.2 cm³/mol. The van der Waals surface area contributed by atoms with Gasteiger partial charge in [-0.3, -0.25) is 4.90 Å². The van der Waals surface area contributed by atoms with Gasteiger partial charge in [-0.1, -0.05) is 6.42 Å². The molecule has 0 bridgehead atoms. The summed E-state index contributed by atoms with van der Waals surface area (Å²) in [7, 11) is 0. The molecule has 1 aliphatic carbocycles. The van der Waals surface area contributed by atoms with E-state index < -0.39 is 0 Å². The average molecular weight is 280 g/mol. The van der Waals surface area contributed by atoms with Crippen molar-refractivity contribution in [3.8, 4) is 0 Å². The Labute approximate surface area is 118 Å². The molecule has 2 aliphatic rings. The molecule has 1 aliphatic heterocycles. The molecule has 1 aromatic rings. The van der Waals surface area contributed by atoms with Gasteiger partial charge in [0.15, 0.2) is 0 Å². The van der Waals surface area contributed by atoms with Crippen molar-refractivity contribution in [3.63, 3.8) is 0 Å². The molecule has 2 fully saturated rings. The molecule has 0 amide bonds. The molecule has 1 heterocycles. The lowest BCUT2D eigenvalue weighted by Crippen LogP contribution is -2.47. The van der Waals surface area contributed by atoms with Crippen molar-refractivity contribution in [1.82, 2.24) is 4.90 Å². The highest BCUT2D eigenvalue weighted by Crippen LogP contribution is 2.40. The van der Waals surface area contributed by atoms with Gasteiger partial charge in [0.05, 0.1) is 6.04 Å². The van der Waals surface area contributed by atoms with Crippen LogP contribution in [0.3, 0.4) is 0 Å². The number of piperidine rings is 1. The molecule has 3 rings (SSSR count). The maximum Gasteiger partial charge on any atom is 0.128 e. The van der Waals surface area contributed by atoms with Crippen molar-refractivity contribution in [2.75, 3.05) is 13.1 Å². The summed E-state index contributed by atoms with van der Waals surface area (Å²) in [6, 6.07) is 3.99. The minimum Gasteiger partial charge on any atom is -0.329 e. The van der Waals surface area contributed by atoms with E-state index in [0.29, 0.717) is 18.2 Å². The molecule has 20 heavy (non-hydrogen) atoms. The van der Waals surface area contributed by atoms with Crippen molar-refractivity contribution in [2.24, 2.45) is 11.7 Å². The molecule has 110 valence electrons. The Balaban J connectivity index is 1.90. The Hall–Kier alpha value is -1.00. The largest absolute Gasteiger partial charge is 0.329 e. The molecule has 1 saturated heterocycles. The van der Waals surface area contributed by atoms with Crippen LogP contribution in [0.1, 0.15) is 43.7 Å². The van der Waals surface area contributed by atoms with Crippen LogP contribution in [0, 0.1) is 17.6 Å². The minimum absolute atomic E-state index is 0.198. The molecule has 3 unspecified atom stereocenters. The van der Waals surface area contributed by atoms with Crippen LogP contribution < -0.4 is 5.73 Å². The lowest BCUT2D eigenvalue weighted by Gasteiger charge is -2.42. The second-order valence-electron chi connectivity index (χ2n) is 6.06. The van der Waals surface area contributed by atoms with Crippen LogP contribution in [0.15, 0.2) is 18.2 Å². The molecule has 3 atom stereocenters. The zero-order valence-corrected chi connectivity index (χ0v) is 11.7. The minimum atomic E-state index is -0.389. The zero-order chi connectivity index (χ0) is 14.1. The van der Waals surface area contributed by atoms with E-state index in [1.807, 2.05) is 0 Å². The van der Waals surface area contributed by atoms with Crippen LogP contribution in [0.5, 0.6) is 0 Å². The summed E-state index contributed by atoms with van der Waals surface area (Å²) in [6.45, 7) is 1.28. The smallest absolute Gasteiger partial charge is 0.128 e. The van der Waals surface area contributed by atoms with E-state index in [4.69, 9.17) is 5.73 Å². The Kier molecular flexibility index (Phi) is 4.03. The first kappa shape index (κ1) is 14.0. The molecule has 2 nitrogen and oxygen atoms in total. The number of rotatable bonds is 3. The van der Waals surface area contributed by atoms with E-state index >= 15 is 0 Å². The molecular formula is C16H22F2N2. The molecule has 0 spiro atoms. The van der Waals surface area contributed by atoms with Crippen LogP contribution in [-0.4, -0.2) is 24.0 Å². The molecule has 0 radical (unpaired) electrons. The van der Waals surface area contributed by atoms with Crippen LogP contribution >= 0.6 is 0 Å². The standard InChI is InChI=1S/C16H22F2N2/c17-12-6-7-14(18)13(9-12)16(10-19)20-8-2-4-11-3-1-5-15(11)20/h6-7,9,11,15-16H,1-5,8,10,19H2. The van der Waals surface area contributed by atoms with Crippen molar-refractivity contribution < 1.29 is 8.78 Å². The number of hydrogen-bond donors (Lipinski definition) is 1. The lowest BCUT2D eigenvalue weighted by molar-refractivity contribution is 0.0684. The number of fused-ring (bicyclic) bond motifs is 1. The Morgan fingerprint density at radius 2 is 2.00 bits per heavy atom. The first-order valence-corrected chi connectivity index (χ1v) is 7.61. The molecule has 0 aromatic heterocycles. The van der Waals surface area contributed by atoms with E-state index in [-0.39, 0.29) is 17.7 Å². The second kappa shape index (κ2) is 5.78. The van der Waals surface area contributed by atoms with E-state index in [2.05, 4.69) is 4.90 Å². The first-order chi connectivity index (χ1) is 9.70. The third-order valence-corrected chi connectivity index (χ3v) is 4.98. The third kappa shape index (κ3) is 2.47. The van der Waals surface area contributed by atoms with Gasteiger partial charge in [-0.25, -0.2) is 8.78 Å². The van der Waals surface area contributed by atoms with Gasteiger partial charge in [-0.2, -0.15) is 0 Å². The molecule has 4 heteroatoms. The molecule has 1 saturated carbocycles. The average Bonchev–Trinajstić information content (AvgIpc) is 2.92. The summed E-state index contributed by atoms with van der Waals surface area (Å²) >= 11 is 0. The maximum atomic E-state index is 14.1. The van der Waals surface area contributed by atoms with Gasteiger partial charge in [-0.05, 0) is 56.3 Å². The van der Waals surface area contributed by atoms with Crippen LogP contribution in [0.4, 0.5) is 8.78 Å². The number of nitrogens with two attached hydrogens (primary N) is 1. The van der Waals surface area contributed by atoms with Gasteiger partial charge >= 0.3 is 0 Å². The monoisotopic (exact) mass is 280 g/mol. The summed E-state index contributed by atoms with van der Waals surface area (Å²) in [5.74, 6) is -0.0174.